The molecule has 1 saturated carbocycles. The highest BCUT2D eigenvalue weighted by Gasteiger charge is 2.27. The fourth-order valence-corrected chi connectivity index (χ4v) is 2.94. The van der Waals surface area contributed by atoms with Crippen molar-refractivity contribution in [3.8, 4) is 0 Å². The number of nitrogens with zero attached hydrogens (tertiary/aromatic N) is 1. The molecule has 4 nitrogen and oxygen atoms in total. The molecule has 0 amide bonds. The van der Waals surface area contributed by atoms with Gasteiger partial charge in [-0.15, -0.1) is 0 Å². The summed E-state index contributed by atoms with van der Waals surface area (Å²) >= 11 is 0. The first kappa shape index (κ1) is 15.9. The van der Waals surface area contributed by atoms with Crippen LogP contribution in [0.2, 0.25) is 0 Å². The van der Waals surface area contributed by atoms with E-state index in [1.165, 1.54) is 25.8 Å². The minimum Gasteiger partial charge on any atom is -0.385 e. The molecule has 108 valence electrons. The van der Waals surface area contributed by atoms with Gasteiger partial charge in [0.1, 0.15) is 0 Å². The molecule has 2 N–H and O–H groups in total. The normalized spacial score (nSPS) is 24.0. The average molecular weight is 258 g/mol. The molecule has 0 aliphatic heterocycles. The predicted octanol–water partition coefficient (Wildman–Crippen LogP) is 1.35. The Labute approximate surface area is 112 Å². The highest BCUT2D eigenvalue weighted by Crippen LogP contribution is 2.31. The van der Waals surface area contributed by atoms with Crippen LogP contribution in [0.25, 0.3) is 0 Å². The van der Waals surface area contributed by atoms with E-state index in [1.807, 2.05) is 0 Å². The van der Waals surface area contributed by atoms with Gasteiger partial charge in [-0.1, -0.05) is 6.42 Å². The Kier molecular flexibility index (Phi) is 8.59. The third-order valence-corrected chi connectivity index (χ3v) is 4.05. The maximum atomic E-state index is 5.86. The molecular weight excluding hydrogens is 228 g/mol. The largest absolute Gasteiger partial charge is 0.385 e. The lowest BCUT2D eigenvalue weighted by molar-refractivity contribution is 0.117. The van der Waals surface area contributed by atoms with Crippen LogP contribution in [0.15, 0.2) is 0 Å². The van der Waals surface area contributed by atoms with E-state index >= 15 is 0 Å². The van der Waals surface area contributed by atoms with Crippen LogP contribution >= 0.6 is 0 Å². The minimum absolute atomic E-state index is 0.734. The predicted molar refractivity (Wildman–Crippen MR) is 74.7 cm³/mol. The molecule has 0 heterocycles. The Bertz CT molecular complexity index is 202. The summed E-state index contributed by atoms with van der Waals surface area (Å²) in [4.78, 5) is 2.52. The lowest BCUT2D eigenvalue weighted by Gasteiger charge is -2.28. The Morgan fingerprint density at radius 1 is 1.06 bits per heavy atom. The zero-order chi connectivity index (χ0) is 13.2. The molecule has 18 heavy (non-hydrogen) atoms. The maximum absolute atomic E-state index is 5.86. The Balaban J connectivity index is 2.33. The van der Waals surface area contributed by atoms with Gasteiger partial charge in [-0.2, -0.15) is 0 Å². The van der Waals surface area contributed by atoms with Gasteiger partial charge in [-0.05, 0) is 37.6 Å². The molecule has 1 fully saturated rings. The van der Waals surface area contributed by atoms with Gasteiger partial charge in [0.15, 0.2) is 0 Å². The number of methoxy groups -OCH3 is 2. The second-order valence-electron chi connectivity index (χ2n) is 5.33. The standard InChI is InChI=1S/C14H30N2O2/c1-17-9-4-7-16(8-10-18-2)12-14-6-3-5-13(14)11-15/h13-14H,3-12,15H2,1-2H3. The van der Waals surface area contributed by atoms with Gasteiger partial charge in [0, 0.05) is 40.5 Å². The van der Waals surface area contributed by atoms with Crippen molar-refractivity contribution in [2.75, 3.05) is 53.6 Å². The highest BCUT2D eigenvalue weighted by atomic mass is 16.5. The van der Waals surface area contributed by atoms with E-state index in [0.29, 0.717) is 0 Å². The van der Waals surface area contributed by atoms with Crippen LogP contribution in [0, 0.1) is 11.8 Å². The Hall–Kier alpha value is -0.160. The molecule has 0 radical (unpaired) electrons. The zero-order valence-electron chi connectivity index (χ0n) is 12.1. The molecule has 0 aromatic heterocycles. The van der Waals surface area contributed by atoms with E-state index in [0.717, 1.165) is 51.1 Å². The molecule has 0 saturated heterocycles. The van der Waals surface area contributed by atoms with Crippen molar-refractivity contribution in [1.29, 1.82) is 0 Å². The molecule has 1 rings (SSSR count). The molecule has 0 aromatic carbocycles. The van der Waals surface area contributed by atoms with Gasteiger partial charge < -0.3 is 20.1 Å². The molecule has 4 heteroatoms. The van der Waals surface area contributed by atoms with Crippen molar-refractivity contribution >= 4 is 0 Å². The number of rotatable bonds is 10. The van der Waals surface area contributed by atoms with Crippen LogP contribution in [0.3, 0.4) is 0 Å². The van der Waals surface area contributed by atoms with Crippen LogP contribution < -0.4 is 5.73 Å². The second-order valence-corrected chi connectivity index (χ2v) is 5.33. The molecule has 0 bridgehead atoms. The van der Waals surface area contributed by atoms with Crippen molar-refractivity contribution in [3.63, 3.8) is 0 Å². The van der Waals surface area contributed by atoms with Crippen LogP contribution in [0.1, 0.15) is 25.7 Å². The van der Waals surface area contributed by atoms with E-state index in [4.69, 9.17) is 15.2 Å². The second kappa shape index (κ2) is 9.73. The summed E-state index contributed by atoms with van der Waals surface area (Å²) in [7, 11) is 3.53. The minimum atomic E-state index is 0.734. The monoisotopic (exact) mass is 258 g/mol. The summed E-state index contributed by atoms with van der Waals surface area (Å²) in [6.45, 7) is 5.80. The molecule has 2 atom stereocenters. The van der Waals surface area contributed by atoms with Crippen LogP contribution in [0.5, 0.6) is 0 Å². The average Bonchev–Trinajstić information content (AvgIpc) is 2.83. The van der Waals surface area contributed by atoms with Crippen molar-refractivity contribution in [2.24, 2.45) is 17.6 Å². The zero-order valence-corrected chi connectivity index (χ0v) is 12.1. The molecule has 1 aliphatic carbocycles. The third-order valence-electron chi connectivity index (χ3n) is 4.05. The molecule has 1 aliphatic rings. The van der Waals surface area contributed by atoms with Gasteiger partial charge in [0.25, 0.3) is 0 Å². The van der Waals surface area contributed by atoms with Gasteiger partial charge in [-0.25, -0.2) is 0 Å². The summed E-state index contributed by atoms with van der Waals surface area (Å²) in [6, 6.07) is 0. The smallest absolute Gasteiger partial charge is 0.0589 e. The van der Waals surface area contributed by atoms with Crippen molar-refractivity contribution in [1.82, 2.24) is 4.90 Å². The van der Waals surface area contributed by atoms with Gasteiger partial charge in [0.05, 0.1) is 6.61 Å². The Morgan fingerprint density at radius 2 is 1.78 bits per heavy atom. The van der Waals surface area contributed by atoms with Gasteiger partial charge in [-0.3, -0.25) is 0 Å². The highest BCUT2D eigenvalue weighted by molar-refractivity contribution is 4.80. The lowest BCUT2D eigenvalue weighted by Crippen LogP contribution is -2.36. The summed E-state index contributed by atoms with van der Waals surface area (Å²) in [5.41, 5.74) is 5.86. The fraction of sp³-hybridized carbons (Fsp3) is 1.00. The number of hydrogen-bond acceptors (Lipinski definition) is 4. The van der Waals surface area contributed by atoms with E-state index < -0.39 is 0 Å². The van der Waals surface area contributed by atoms with Gasteiger partial charge >= 0.3 is 0 Å². The quantitative estimate of drug-likeness (QED) is 0.601. The first-order chi connectivity index (χ1) is 8.81. The van der Waals surface area contributed by atoms with Crippen molar-refractivity contribution in [2.45, 2.75) is 25.7 Å². The van der Waals surface area contributed by atoms with Crippen LogP contribution in [0.4, 0.5) is 0 Å². The molecule has 0 aromatic rings. The van der Waals surface area contributed by atoms with Crippen LogP contribution in [-0.4, -0.2) is 58.5 Å². The summed E-state index contributed by atoms with van der Waals surface area (Å²) in [5, 5.41) is 0. The SMILES string of the molecule is COCCCN(CCOC)CC1CCCC1CN. The van der Waals surface area contributed by atoms with Crippen LogP contribution in [-0.2, 0) is 9.47 Å². The summed E-state index contributed by atoms with van der Waals surface area (Å²) < 4.78 is 10.3. The number of ether oxygens (including phenoxy) is 2. The maximum Gasteiger partial charge on any atom is 0.0589 e. The topological polar surface area (TPSA) is 47.7 Å². The summed E-state index contributed by atoms with van der Waals surface area (Å²) in [6.07, 6.45) is 5.11. The third kappa shape index (κ3) is 5.65. The van der Waals surface area contributed by atoms with E-state index in [-0.39, 0.29) is 0 Å². The summed E-state index contributed by atoms with van der Waals surface area (Å²) in [5.74, 6) is 1.52. The number of nitrogens with two attached hydrogens (primary N) is 1. The van der Waals surface area contributed by atoms with E-state index in [9.17, 15) is 0 Å². The van der Waals surface area contributed by atoms with Gasteiger partial charge in [0.2, 0.25) is 0 Å². The molecule has 2 unspecified atom stereocenters. The fourth-order valence-electron chi connectivity index (χ4n) is 2.94. The Morgan fingerprint density at radius 3 is 2.44 bits per heavy atom. The lowest BCUT2D eigenvalue weighted by atomic mass is 9.95. The molecular formula is C14H30N2O2. The van der Waals surface area contributed by atoms with Crippen molar-refractivity contribution < 1.29 is 9.47 Å². The van der Waals surface area contributed by atoms with E-state index in [1.54, 1.807) is 14.2 Å². The first-order valence-corrected chi connectivity index (χ1v) is 7.22. The van der Waals surface area contributed by atoms with E-state index in [2.05, 4.69) is 4.90 Å². The molecule has 0 spiro atoms. The number of hydrogen-bond donors (Lipinski definition) is 1. The van der Waals surface area contributed by atoms with Crippen molar-refractivity contribution in [3.05, 3.63) is 0 Å². The first-order valence-electron chi connectivity index (χ1n) is 7.22.